The molecule has 78 valence electrons. The molecule has 13 heavy (non-hydrogen) atoms. The molecule has 0 fully saturated rings. The summed E-state index contributed by atoms with van der Waals surface area (Å²) in [6.45, 7) is 6.40. The van der Waals surface area contributed by atoms with E-state index in [9.17, 15) is 4.79 Å². The molecular weight excluding hydrogens is 160 g/mol. The van der Waals surface area contributed by atoms with Gasteiger partial charge in [-0.1, -0.05) is 46.5 Å². The van der Waals surface area contributed by atoms with Crippen LogP contribution in [0.2, 0.25) is 0 Å². The van der Waals surface area contributed by atoms with Crippen LogP contribution < -0.4 is 0 Å². The highest BCUT2D eigenvalue weighted by Gasteiger charge is 2.10. The van der Waals surface area contributed by atoms with Gasteiger partial charge in [0.15, 0.2) is 0 Å². The summed E-state index contributed by atoms with van der Waals surface area (Å²) in [5.41, 5.74) is 0. The molecule has 0 saturated heterocycles. The third-order valence-electron chi connectivity index (χ3n) is 2.55. The number of hydrogen-bond acceptors (Lipinski definition) is 1. The number of Topliss-reactive ketones (excluding diaryl/α,β-unsaturated/α-hetero) is 1. The van der Waals surface area contributed by atoms with Gasteiger partial charge in [0, 0.05) is 12.3 Å². The predicted molar refractivity (Wildman–Crippen MR) is 57.8 cm³/mol. The fraction of sp³-hybridized carbons (Fsp3) is 0.917. The Kier molecular flexibility index (Phi) is 8.07. The Morgan fingerprint density at radius 3 is 2.31 bits per heavy atom. The highest BCUT2D eigenvalue weighted by Crippen LogP contribution is 2.12. The van der Waals surface area contributed by atoms with Gasteiger partial charge < -0.3 is 0 Å². The molecule has 0 spiro atoms. The van der Waals surface area contributed by atoms with Crippen molar-refractivity contribution in [3.8, 4) is 0 Å². The van der Waals surface area contributed by atoms with Gasteiger partial charge in [-0.25, -0.2) is 0 Å². The Labute approximate surface area is 82.9 Å². The van der Waals surface area contributed by atoms with E-state index >= 15 is 0 Å². The van der Waals surface area contributed by atoms with Crippen LogP contribution in [0.4, 0.5) is 0 Å². The number of rotatable bonds is 8. The van der Waals surface area contributed by atoms with Crippen LogP contribution in [0.1, 0.15) is 65.7 Å². The second kappa shape index (κ2) is 8.28. The summed E-state index contributed by atoms with van der Waals surface area (Å²) >= 11 is 0. The second-order valence-corrected chi connectivity index (χ2v) is 3.97. The zero-order valence-corrected chi connectivity index (χ0v) is 9.44. The smallest absolute Gasteiger partial charge is 0.135 e. The van der Waals surface area contributed by atoms with E-state index in [-0.39, 0.29) is 0 Å². The van der Waals surface area contributed by atoms with Crippen molar-refractivity contribution in [2.45, 2.75) is 65.7 Å². The van der Waals surface area contributed by atoms with Crippen molar-refractivity contribution in [2.75, 3.05) is 0 Å². The summed E-state index contributed by atoms with van der Waals surface area (Å²) in [4.78, 5) is 11.5. The molecular formula is C12H24O. The highest BCUT2D eigenvalue weighted by molar-refractivity contribution is 5.80. The maximum atomic E-state index is 11.5. The molecule has 0 aromatic heterocycles. The van der Waals surface area contributed by atoms with Gasteiger partial charge in [0.05, 0.1) is 0 Å². The maximum Gasteiger partial charge on any atom is 0.135 e. The fourth-order valence-corrected chi connectivity index (χ4v) is 1.57. The molecule has 1 heteroatoms. The number of carbonyl (C=O) groups excluding carboxylic acids is 1. The summed E-state index contributed by atoms with van der Waals surface area (Å²) in [6.07, 6.45) is 7.84. The molecule has 1 unspecified atom stereocenters. The molecule has 1 atom stereocenters. The molecule has 1 nitrogen and oxygen atoms in total. The van der Waals surface area contributed by atoms with E-state index in [0.29, 0.717) is 11.7 Å². The van der Waals surface area contributed by atoms with Gasteiger partial charge in [0.25, 0.3) is 0 Å². The maximum absolute atomic E-state index is 11.5. The Hall–Kier alpha value is -0.330. The Morgan fingerprint density at radius 1 is 1.08 bits per heavy atom. The zero-order chi connectivity index (χ0) is 10.1. The molecule has 0 aliphatic carbocycles. The number of hydrogen-bond donors (Lipinski definition) is 0. The average molecular weight is 184 g/mol. The summed E-state index contributed by atoms with van der Waals surface area (Å²) in [6, 6.07) is 0. The van der Waals surface area contributed by atoms with Crippen LogP contribution in [0.25, 0.3) is 0 Å². The molecule has 0 amide bonds. The average Bonchev–Trinajstić information content (AvgIpc) is 2.12. The van der Waals surface area contributed by atoms with Gasteiger partial charge >= 0.3 is 0 Å². The van der Waals surface area contributed by atoms with Crippen molar-refractivity contribution in [3.63, 3.8) is 0 Å². The fourth-order valence-electron chi connectivity index (χ4n) is 1.57. The third-order valence-corrected chi connectivity index (χ3v) is 2.55. The van der Waals surface area contributed by atoms with Crippen molar-refractivity contribution in [1.29, 1.82) is 0 Å². The Bertz CT molecular complexity index is 129. The minimum atomic E-state index is 0.298. The van der Waals surface area contributed by atoms with E-state index in [1.54, 1.807) is 0 Å². The largest absolute Gasteiger partial charge is 0.299 e. The summed E-state index contributed by atoms with van der Waals surface area (Å²) in [5.74, 6) is 0.768. The minimum Gasteiger partial charge on any atom is -0.299 e. The first kappa shape index (κ1) is 12.7. The number of ketones is 1. The molecule has 0 aliphatic rings. The quantitative estimate of drug-likeness (QED) is 0.522. The van der Waals surface area contributed by atoms with Crippen molar-refractivity contribution in [3.05, 3.63) is 0 Å². The molecule has 0 N–H and O–H groups in total. The van der Waals surface area contributed by atoms with Gasteiger partial charge in [-0.15, -0.1) is 0 Å². The van der Waals surface area contributed by atoms with E-state index in [2.05, 4.69) is 20.8 Å². The lowest BCUT2D eigenvalue weighted by atomic mass is 9.97. The van der Waals surface area contributed by atoms with Gasteiger partial charge in [0.2, 0.25) is 0 Å². The predicted octanol–water partition coefficient (Wildman–Crippen LogP) is 3.96. The Balaban J connectivity index is 3.38. The summed E-state index contributed by atoms with van der Waals surface area (Å²) in [7, 11) is 0. The van der Waals surface area contributed by atoms with E-state index in [0.717, 1.165) is 25.7 Å². The lowest BCUT2D eigenvalue weighted by Gasteiger charge is -2.07. The van der Waals surface area contributed by atoms with Crippen LogP contribution >= 0.6 is 0 Å². The van der Waals surface area contributed by atoms with Crippen LogP contribution in [0.3, 0.4) is 0 Å². The number of unbranched alkanes of at least 4 members (excludes halogenated alkanes) is 3. The first-order valence-electron chi connectivity index (χ1n) is 5.75. The molecule has 0 heterocycles. The minimum absolute atomic E-state index is 0.298. The van der Waals surface area contributed by atoms with Gasteiger partial charge in [-0.2, -0.15) is 0 Å². The van der Waals surface area contributed by atoms with Crippen LogP contribution in [-0.2, 0) is 4.79 Å². The first-order chi connectivity index (χ1) is 6.22. The lowest BCUT2D eigenvalue weighted by Crippen LogP contribution is -2.10. The molecule has 0 rings (SSSR count). The van der Waals surface area contributed by atoms with Crippen molar-refractivity contribution < 1.29 is 4.79 Å². The van der Waals surface area contributed by atoms with Crippen LogP contribution in [-0.4, -0.2) is 5.78 Å². The van der Waals surface area contributed by atoms with Gasteiger partial charge in [0.1, 0.15) is 5.78 Å². The Morgan fingerprint density at radius 2 is 1.77 bits per heavy atom. The highest BCUT2D eigenvalue weighted by atomic mass is 16.1. The van der Waals surface area contributed by atoms with E-state index in [1.807, 2.05) is 0 Å². The van der Waals surface area contributed by atoms with Crippen LogP contribution in [0.15, 0.2) is 0 Å². The second-order valence-electron chi connectivity index (χ2n) is 3.97. The topological polar surface area (TPSA) is 17.1 Å². The molecule has 0 aromatic rings. The summed E-state index contributed by atoms with van der Waals surface area (Å²) < 4.78 is 0. The third kappa shape index (κ3) is 6.80. The van der Waals surface area contributed by atoms with E-state index < -0.39 is 0 Å². The van der Waals surface area contributed by atoms with Crippen molar-refractivity contribution in [2.24, 2.45) is 5.92 Å². The van der Waals surface area contributed by atoms with E-state index in [1.165, 1.54) is 19.3 Å². The monoisotopic (exact) mass is 184 g/mol. The molecule has 0 radical (unpaired) electrons. The zero-order valence-electron chi connectivity index (χ0n) is 9.44. The van der Waals surface area contributed by atoms with E-state index in [4.69, 9.17) is 0 Å². The SMILES string of the molecule is CCCCCCC(=O)C(C)CCC. The van der Waals surface area contributed by atoms with Crippen molar-refractivity contribution >= 4 is 5.78 Å². The first-order valence-corrected chi connectivity index (χ1v) is 5.75. The molecule has 0 aromatic carbocycles. The van der Waals surface area contributed by atoms with Gasteiger partial charge in [-0.3, -0.25) is 4.79 Å². The number of carbonyl (C=O) groups is 1. The summed E-state index contributed by atoms with van der Waals surface area (Å²) in [5, 5.41) is 0. The standard InChI is InChI=1S/C12H24O/c1-4-6-7-8-10-12(13)11(3)9-5-2/h11H,4-10H2,1-3H3. The molecule has 0 bridgehead atoms. The molecule has 0 aliphatic heterocycles. The lowest BCUT2D eigenvalue weighted by molar-refractivity contribution is -0.122. The van der Waals surface area contributed by atoms with Gasteiger partial charge in [-0.05, 0) is 12.8 Å². The molecule has 0 saturated carbocycles. The van der Waals surface area contributed by atoms with Crippen molar-refractivity contribution in [1.82, 2.24) is 0 Å². The normalized spacial score (nSPS) is 12.8. The van der Waals surface area contributed by atoms with Crippen LogP contribution in [0.5, 0.6) is 0 Å². The van der Waals surface area contributed by atoms with Crippen LogP contribution in [0, 0.1) is 5.92 Å².